The summed E-state index contributed by atoms with van der Waals surface area (Å²) in [7, 11) is 0. The number of amides is 2. The van der Waals surface area contributed by atoms with Crippen LogP contribution in [-0.2, 0) is 11.2 Å². The van der Waals surface area contributed by atoms with Crippen LogP contribution in [0.1, 0.15) is 54.4 Å². The van der Waals surface area contributed by atoms with Gasteiger partial charge in [0.2, 0.25) is 5.91 Å². The van der Waals surface area contributed by atoms with E-state index >= 15 is 0 Å². The molecule has 0 aliphatic heterocycles. The van der Waals surface area contributed by atoms with E-state index in [0.717, 1.165) is 12.8 Å². The molecule has 4 nitrogen and oxygen atoms in total. The molecule has 2 N–H and O–H groups in total. The average molecular weight is 399 g/mol. The van der Waals surface area contributed by atoms with Gasteiger partial charge in [0.05, 0.1) is 10.7 Å². The Hall–Kier alpha value is -2.33. The van der Waals surface area contributed by atoms with Gasteiger partial charge in [-0.2, -0.15) is 0 Å². The minimum atomic E-state index is -0.172. The van der Waals surface area contributed by atoms with Gasteiger partial charge in [-0.05, 0) is 42.5 Å². The Bertz CT molecular complexity index is 802. The molecule has 1 aliphatic carbocycles. The largest absolute Gasteiger partial charge is 0.352 e. The van der Waals surface area contributed by atoms with Gasteiger partial charge in [-0.3, -0.25) is 9.59 Å². The maximum atomic E-state index is 12.4. The number of carbonyl (C=O) groups excluding carboxylic acids is 2. The molecule has 0 aromatic heterocycles. The van der Waals surface area contributed by atoms with E-state index in [1.165, 1.54) is 31.2 Å². The van der Waals surface area contributed by atoms with Crippen molar-refractivity contribution < 1.29 is 9.59 Å². The molecule has 2 aromatic rings. The zero-order valence-electron chi connectivity index (χ0n) is 16.0. The zero-order valence-corrected chi connectivity index (χ0v) is 16.8. The van der Waals surface area contributed by atoms with Crippen molar-refractivity contribution in [2.75, 3.05) is 11.9 Å². The molecule has 0 spiro atoms. The van der Waals surface area contributed by atoms with Crippen LogP contribution in [0.2, 0.25) is 5.02 Å². The molecule has 148 valence electrons. The number of hydrogen-bond acceptors (Lipinski definition) is 2. The topological polar surface area (TPSA) is 58.2 Å². The minimum absolute atomic E-state index is 0.0459. The summed E-state index contributed by atoms with van der Waals surface area (Å²) in [6.45, 7) is 0.550. The van der Waals surface area contributed by atoms with Gasteiger partial charge < -0.3 is 10.6 Å². The van der Waals surface area contributed by atoms with Crippen LogP contribution < -0.4 is 10.6 Å². The Morgan fingerprint density at radius 3 is 2.54 bits per heavy atom. The lowest BCUT2D eigenvalue weighted by atomic mass is 10.0. The van der Waals surface area contributed by atoms with Gasteiger partial charge in [-0.1, -0.05) is 67.6 Å². The normalized spacial score (nSPS) is 14.0. The Balaban J connectivity index is 1.51. The molecule has 0 atom stereocenters. The lowest BCUT2D eigenvalue weighted by Crippen LogP contribution is -2.25. The Morgan fingerprint density at radius 2 is 1.79 bits per heavy atom. The summed E-state index contributed by atoms with van der Waals surface area (Å²) in [5.41, 5.74) is 2.16. The third-order valence-electron chi connectivity index (χ3n) is 5.30. The number of carbonyl (C=O) groups is 2. The SMILES string of the molecule is O=C(CCC1CCCC1)Nc1cc(C(=O)NCCc2ccccc2)ccc1Cl. The van der Waals surface area contributed by atoms with Crippen molar-refractivity contribution in [1.29, 1.82) is 0 Å². The quantitative estimate of drug-likeness (QED) is 0.640. The summed E-state index contributed by atoms with van der Waals surface area (Å²) in [4.78, 5) is 24.7. The van der Waals surface area contributed by atoms with Gasteiger partial charge in [0.1, 0.15) is 0 Å². The fourth-order valence-electron chi connectivity index (χ4n) is 3.68. The Kier molecular flexibility index (Phi) is 7.49. The second kappa shape index (κ2) is 10.3. The van der Waals surface area contributed by atoms with Crippen molar-refractivity contribution in [3.63, 3.8) is 0 Å². The van der Waals surface area contributed by atoms with E-state index in [2.05, 4.69) is 10.6 Å². The molecule has 2 aromatic carbocycles. The summed E-state index contributed by atoms with van der Waals surface area (Å²) < 4.78 is 0. The molecule has 0 heterocycles. The number of hydrogen-bond donors (Lipinski definition) is 2. The molecule has 0 bridgehead atoms. The van der Waals surface area contributed by atoms with Crippen LogP contribution in [0.25, 0.3) is 0 Å². The Morgan fingerprint density at radius 1 is 1.04 bits per heavy atom. The standard InChI is InChI=1S/C23H27ClN2O2/c24-20-12-11-19(23(28)25-15-14-18-6-2-1-3-7-18)16-21(20)26-22(27)13-10-17-8-4-5-9-17/h1-3,6-7,11-12,16-17H,4-5,8-10,13-15H2,(H,25,28)(H,26,27). The van der Waals surface area contributed by atoms with Gasteiger partial charge in [0.15, 0.2) is 0 Å². The molecule has 0 radical (unpaired) electrons. The van der Waals surface area contributed by atoms with Crippen LogP contribution in [0.3, 0.4) is 0 Å². The zero-order chi connectivity index (χ0) is 19.8. The van der Waals surface area contributed by atoms with Gasteiger partial charge in [0.25, 0.3) is 5.91 Å². The maximum Gasteiger partial charge on any atom is 0.251 e. The van der Waals surface area contributed by atoms with Crippen molar-refractivity contribution >= 4 is 29.1 Å². The summed E-state index contributed by atoms with van der Waals surface area (Å²) in [6, 6.07) is 15.0. The van der Waals surface area contributed by atoms with E-state index in [1.54, 1.807) is 18.2 Å². The van der Waals surface area contributed by atoms with Crippen molar-refractivity contribution in [1.82, 2.24) is 5.32 Å². The number of anilines is 1. The van der Waals surface area contributed by atoms with Gasteiger partial charge in [-0.25, -0.2) is 0 Å². The first kappa shape index (κ1) is 20.4. The summed E-state index contributed by atoms with van der Waals surface area (Å²) in [6.07, 6.45) is 7.20. The van der Waals surface area contributed by atoms with Gasteiger partial charge in [-0.15, -0.1) is 0 Å². The average Bonchev–Trinajstić information content (AvgIpc) is 3.22. The first-order chi connectivity index (χ1) is 13.6. The Labute approximate surface area is 171 Å². The van der Waals surface area contributed by atoms with Crippen molar-refractivity contribution in [3.05, 3.63) is 64.7 Å². The molecule has 0 unspecified atom stereocenters. The summed E-state index contributed by atoms with van der Waals surface area (Å²) >= 11 is 6.21. The van der Waals surface area contributed by atoms with Crippen LogP contribution in [0.5, 0.6) is 0 Å². The first-order valence-corrected chi connectivity index (χ1v) is 10.4. The third kappa shape index (κ3) is 6.10. The maximum absolute atomic E-state index is 12.4. The van der Waals surface area contributed by atoms with Crippen LogP contribution in [-0.4, -0.2) is 18.4 Å². The van der Waals surface area contributed by atoms with E-state index in [1.807, 2.05) is 30.3 Å². The van der Waals surface area contributed by atoms with Crippen LogP contribution in [0.4, 0.5) is 5.69 Å². The lowest BCUT2D eigenvalue weighted by molar-refractivity contribution is -0.116. The van der Waals surface area contributed by atoms with Crippen LogP contribution in [0, 0.1) is 5.92 Å². The predicted octanol–water partition coefficient (Wildman–Crippen LogP) is 5.22. The second-order valence-corrected chi connectivity index (χ2v) is 7.83. The molecule has 28 heavy (non-hydrogen) atoms. The fourth-order valence-corrected chi connectivity index (χ4v) is 3.84. The molecule has 2 amide bonds. The van der Waals surface area contributed by atoms with Crippen LogP contribution in [0.15, 0.2) is 48.5 Å². The molecule has 0 saturated heterocycles. The number of rotatable bonds is 8. The van der Waals surface area contributed by atoms with E-state index < -0.39 is 0 Å². The highest BCUT2D eigenvalue weighted by atomic mass is 35.5. The lowest BCUT2D eigenvalue weighted by Gasteiger charge is -2.12. The molecule has 1 fully saturated rings. The molecular formula is C23H27ClN2O2. The van der Waals surface area contributed by atoms with Crippen molar-refractivity contribution in [2.45, 2.75) is 44.9 Å². The van der Waals surface area contributed by atoms with Gasteiger partial charge in [0, 0.05) is 18.5 Å². The van der Waals surface area contributed by atoms with E-state index in [-0.39, 0.29) is 11.8 Å². The molecule has 3 rings (SSSR count). The highest BCUT2D eigenvalue weighted by Crippen LogP contribution is 2.29. The second-order valence-electron chi connectivity index (χ2n) is 7.42. The predicted molar refractivity (Wildman–Crippen MR) is 114 cm³/mol. The smallest absolute Gasteiger partial charge is 0.251 e. The van der Waals surface area contributed by atoms with Crippen molar-refractivity contribution in [3.8, 4) is 0 Å². The summed E-state index contributed by atoms with van der Waals surface area (Å²) in [5, 5.41) is 6.22. The van der Waals surface area contributed by atoms with E-state index in [4.69, 9.17) is 11.6 Å². The highest BCUT2D eigenvalue weighted by Gasteiger charge is 2.17. The molecule has 1 aliphatic rings. The van der Waals surface area contributed by atoms with Crippen LogP contribution >= 0.6 is 11.6 Å². The number of halogens is 1. The molecule has 1 saturated carbocycles. The summed E-state index contributed by atoms with van der Waals surface area (Å²) in [5.74, 6) is 0.451. The van der Waals surface area contributed by atoms with Crippen molar-refractivity contribution in [2.24, 2.45) is 5.92 Å². The fraction of sp³-hybridized carbons (Fsp3) is 0.391. The van der Waals surface area contributed by atoms with Gasteiger partial charge >= 0.3 is 0 Å². The monoisotopic (exact) mass is 398 g/mol. The van der Waals surface area contributed by atoms with E-state index in [9.17, 15) is 9.59 Å². The minimum Gasteiger partial charge on any atom is -0.352 e. The third-order valence-corrected chi connectivity index (χ3v) is 5.63. The number of nitrogens with one attached hydrogen (secondary N) is 2. The highest BCUT2D eigenvalue weighted by molar-refractivity contribution is 6.33. The molecule has 5 heteroatoms. The number of benzene rings is 2. The molecular weight excluding hydrogens is 372 g/mol. The van der Waals surface area contributed by atoms with E-state index in [0.29, 0.717) is 35.2 Å². The first-order valence-electron chi connectivity index (χ1n) is 10.0.